The van der Waals surface area contributed by atoms with Gasteiger partial charge in [-0.05, 0) is 12.1 Å². The lowest BCUT2D eigenvalue weighted by Crippen LogP contribution is -2.17. The van der Waals surface area contributed by atoms with Gasteiger partial charge in [0.2, 0.25) is 5.78 Å². The predicted octanol–water partition coefficient (Wildman–Crippen LogP) is 0.904. The van der Waals surface area contributed by atoms with Crippen LogP contribution in [0.1, 0.15) is 23.2 Å². The van der Waals surface area contributed by atoms with Gasteiger partial charge in [0.1, 0.15) is 13.2 Å². The lowest BCUT2D eigenvalue weighted by molar-refractivity contribution is -0.151. The van der Waals surface area contributed by atoms with Gasteiger partial charge in [0.25, 0.3) is 0 Å². The van der Waals surface area contributed by atoms with Crippen molar-refractivity contribution < 1.29 is 57.4 Å². The van der Waals surface area contributed by atoms with E-state index in [4.69, 9.17) is 38.3 Å². The third-order valence-corrected chi connectivity index (χ3v) is 4.24. The number of carbonyl (C=O) groups is 4. The minimum Gasteiger partial charge on any atom is -0.476 e. The monoisotopic (exact) mass is 514 g/mol. The van der Waals surface area contributed by atoms with E-state index < -0.39 is 17.7 Å². The first kappa shape index (κ1) is 31.1. The lowest BCUT2D eigenvalue weighted by Gasteiger charge is -2.08. The first-order chi connectivity index (χ1) is 17.5. The molecule has 0 heterocycles. The van der Waals surface area contributed by atoms with Gasteiger partial charge in [-0.1, -0.05) is 18.2 Å². The van der Waals surface area contributed by atoms with E-state index in [2.05, 4.69) is 0 Å². The predicted molar refractivity (Wildman–Crippen MR) is 124 cm³/mol. The molecule has 0 aromatic heterocycles. The molecule has 202 valence electrons. The van der Waals surface area contributed by atoms with E-state index in [1.807, 2.05) is 6.07 Å². The first-order valence-electron chi connectivity index (χ1n) is 11.5. The fourth-order valence-electron chi connectivity index (χ4n) is 2.44. The Morgan fingerprint density at radius 1 is 0.556 bits per heavy atom. The van der Waals surface area contributed by atoms with Crippen molar-refractivity contribution in [3.63, 3.8) is 0 Å². The molecule has 36 heavy (non-hydrogen) atoms. The Hall–Kier alpha value is -2.90. The van der Waals surface area contributed by atoms with Crippen molar-refractivity contribution in [2.45, 2.75) is 12.8 Å². The molecule has 0 amide bonds. The van der Waals surface area contributed by atoms with Crippen LogP contribution in [0.2, 0.25) is 0 Å². The second-order valence-corrected chi connectivity index (χ2v) is 7.01. The summed E-state index contributed by atoms with van der Waals surface area (Å²) in [6, 6.07) is 8.75. The summed E-state index contributed by atoms with van der Waals surface area (Å²) in [7, 11) is 0. The van der Waals surface area contributed by atoms with Crippen LogP contribution in [0.5, 0.6) is 0 Å². The molecular weight excluding hydrogens is 480 g/mol. The highest BCUT2D eigenvalue weighted by atomic mass is 16.6. The van der Waals surface area contributed by atoms with E-state index in [0.717, 1.165) is 0 Å². The molecule has 1 N–H and O–H groups in total. The Kier molecular flexibility index (Phi) is 18.5. The summed E-state index contributed by atoms with van der Waals surface area (Å²) < 4.78 is 36.5. The van der Waals surface area contributed by atoms with Gasteiger partial charge in [0, 0.05) is 6.42 Å². The summed E-state index contributed by atoms with van der Waals surface area (Å²) in [5.74, 6) is -3.63. The van der Waals surface area contributed by atoms with E-state index in [0.29, 0.717) is 65.0 Å². The third-order valence-electron chi connectivity index (χ3n) is 4.24. The van der Waals surface area contributed by atoms with Crippen LogP contribution in [0.4, 0.5) is 0 Å². The third kappa shape index (κ3) is 17.5. The first-order valence-corrected chi connectivity index (χ1v) is 11.5. The van der Waals surface area contributed by atoms with Crippen LogP contribution in [0, 0.1) is 0 Å². The fourth-order valence-corrected chi connectivity index (χ4v) is 2.44. The van der Waals surface area contributed by atoms with Crippen LogP contribution in [0.15, 0.2) is 30.3 Å². The molecule has 0 atom stereocenters. The molecule has 0 spiro atoms. The van der Waals surface area contributed by atoms with Gasteiger partial charge in [0.15, 0.2) is 0 Å². The van der Waals surface area contributed by atoms with E-state index in [-0.39, 0.29) is 38.6 Å². The maximum atomic E-state index is 11.7. The zero-order valence-electron chi connectivity index (χ0n) is 20.2. The van der Waals surface area contributed by atoms with Crippen molar-refractivity contribution in [3.8, 4) is 0 Å². The average molecular weight is 515 g/mol. The smallest absolute Gasteiger partial charge is 0.372 e. The molecular formula is C24H34O12. The van der Waals surface area contributed by atoms with Gasteiger partial charge in [-0.3, -0.25) is 9.59 Å². The van der Waals surface area contributed by atoms with Crippen LogP contribution in [0.3, 0.4) is 0 Å². The molecule has 0 aliphatic rings. The van der Waals surface area contributed by atoms with Gasteiger partial charge >= 0.3 is 17.9 Å². The summed E-state index contributed by atoms with van der Waals surface area (Å²) in [6.45, 7) is 3.71. The standard InChI is InChI=1S/C24H34O12/c25-21(23(27)28)6-7-22(26)35-18-16-33-14-12-31-10-8-30-9-11-32-13-15-34-17-19-36-24(29)20-4-2-1-3-5-20/h1-5H,6-19H2,(H,27,28). The molecule has 0 aliphatic heterocycles. The van der Waals surface area contributed by atoms with Crippen LogP contribution in [0.25, 0.3) is 0 Å². The molecule has 1 aromatic rings. The average Bonchev–Trinajstić information content (AvgIpc) is 2.88. The number of Topliss-reactive ketones (excluding diaryl/α,β-unsaturated/α-hetero) is 1. The molecule has 0 radical (unpaired) electrons. The van der Waals surface area contributed by atoms with Crippen LogP contribution < -0.4 is 0 Å². The summed E-state index contributed by atoms with van der Waals surface area (Å²) in [6.07, 6.45) is -0.664. The van der Waals surface area contributed by atoms with Gasteiger partial charge in [-0.2, -0.15) is 0 Å². The molecule has 12 nitrogen and oxygen atoms in total. The van der Waals surface area contributed by atoms with Crippen LogP contribution in [-0.4, -0.2) is 108 Å². The number of rotatable bonds is 23. The maximum absolute atomic E-state index is 11.7. The van der Waals surface area contributed by atoms with Gasteiger partial charge in [-0.25, -0.2) is 9.59 Å². The van der Waals surface area contributed by atoms with Gasteiger partial charge in [0.05, 0.1) is 78.1 Å². The van der Waals surface area contributed by atoms with E-state index in [1.165, 1.54) is 0 Å². The minimum atomic E-state index is -1.57. The Bertz CT molecular complexity index is 753. The summed E-state index contributed by atoms with van der Waals surface area (Å²) in [5, 5.41) is 8.41. The largest absolute Gasteiger partial charge is 0.476 e. The molecule has 0 fully saturated rings. The number of aliphatic carboxylic acids is 1. The Morgan fingerprint density at radius 3 is 1.42 bits per heavy atom. The molecule has 0 aliphatic carbocycles. The van der Waals surface area contributed by atoms with Crippen molar-refractivity contribution in [1.82, 2.24) is 0 Å². The molecule has 12 heteroatoms. The van der Waals surface area contributed by atoms with Crippen molar-refractivity contribution in [1.29, 1.82) is 0 Å². The van der Waals surface area contributed by atoms with E-state index in [9.17, 15) is 19.2 Å². The van der Waals surface area contributed by atoms with Gasteiger partial charge in [-0.15, -0.1) is 0 Å². The van der Waals surface area contributed by atoms with Crippen molar-refractivity contribution in [2.24, 2.45) is 0 Å². The highest BCUT2D eigenvalue weighted by Crippen LogP contribution is 2.00. The number of carboxylic acids is 1. The molecule has 1 aromatic carbocycles. The van der Waals surface area contributed by atoms with Crippen LogP contribution >= 0.6 is 0 Å². The molecule has 0 saturated heterocycles. The molecule has 1 rings (SSSR count). The quantitative estimate of drug-likeness (QED) is 0.125. The Morgan fingerprint density at radius 2 is 0.972 bits per heavy atom. The molecule has 0 unspecified atom stereocenters. The van der Waals surface area contributed by atoms with E-state index in [1.54, 1.807) is 24.3 Å². The second-order valence-electron chi connectivity index (χ2n) is 7.01. The van der Waals surface area contributed by atoms with E-state index >= 15 is 0 Å². The lowest BCUT2D eigenvalue weighted by atomic mass is 10.2. The Labute approximate surface area is 209 Å². The van der Waals surface area contributed by atoms with Crippen molar-refractivity contribution in [2.75, 3.05) is 79.3 Å². The number of carbonyl (C=O) groups excluding carboxylic acids is 3. The number of ketones is 1. The number of esters is 2. The summed E-state index contributed by atoms with van der Waals surface area (Å²) >= 11 is 0. The minimum absolute atomic E-state index is 0.00988. The summed E-state index contributed by atoms with van der Waals surface area (Å²) in [4.78, 5) is 44.2. The summed E-state index contributed by atoms with van der Waals surface area (Å²) in [5.41, 5.74) is 0.504. The van der Waals surface area contributed by atoms with Gasteiger partial charge < -0.3 is 38.3 Å². The fraction of sp³-hybridized carbons (Fsp3) is 0.583. The van der Waals surface area contributed by atoms with Crippen LogP contribution in [-0.2, 0) is 47.5 Å². The highest BCUT2D eigenvalue weighted by molar-refractivity contribution is 6.32. The normalized spacial score (nSPS) is 10.7. The Balaban J connectivity index is 1.75. The topological polar surface area (TPSA) is 153 Å². The zero-order chi connectivity index (χ0) is 26.3. The number of hydrogen-bond acceptors (Lipinski definition) is 11. The molecule has 0 saturated carbocycles. The number of ether oxygens (including phenoxy) is 7. The SMILES string of the molecule is O=C(CCC(=O)C(=O)O)OCCOCCOCCOCCOCCOCCOC(=O)c1ccccc1. The molecule has 0 bridgehead atoms. The number of benzene rings is 1. The number of hydrogen-bond donors (Lipinski definition) is 1. The zero-order valence-corrected chi connectivity index (χ0v) is 20.2. The van der Waals surface area contributed by atoms with Crippen molar-refractivity contribution >= 4 is 23.7 Å². The highest BCUT2D eigenvalue weighted by Gasteiger charge is 2.14. The van der Waals surface area contributed by atoms with Crippen molar-refractivity contribution in [3.05, 3.63) is 35.9 Å². The second kappa shape index (κ2) is 21.4. The maximum Gasteiger partial charge on any atom is 0.372 e. The number of carboxylic acid groups (broad SMARTS) is 1.